The number of nitrogen functional groups attached to an aromatic ring is 1. The van der Waals surface area contributed by atoms with Crippen molar-refractivity contribution in [1.82, 2.24) is 15.1 Å². The molecule has 2 saturated heterocycles. The number of hydrogen-bond donors (Lipinski definition) is 2. The summed E-state index contributed by atoms with van der Waals surface area (Å²) >= 11 is 1.39. The topological polar surface area (TPSA) is 78.7 Å². The van der Waals surface area contributed by atoms with Crippen LogP contribution in [0, 0.1) is 0 Å². The minimum atomic E-state index is 0.0156. The molecule has 3 amide bonds. The van der Waals surface area contributed by atoms with Gasteiger partial charge in [0.25, 0.3) is 5.91 Å². The lowest BCUT2D eigenvalue weighted by atomic mass is 10.0. The third kappa shape index (κ3) is 2.33. The maximum atomic E-state index is 12.3. The number of rotatable bonds is 2. The molecule has 0 aromatic carbocycles. The van der Waals surface area contributed by atoms with Crippen molar-refractivity contribution in [1.29, 1.82) is 0 Å². The highest BCUT2D eigenvalue weighted by molar-refractivity contribution is 7.12. The van der Waals surface area contributed by atoms with Crippen LogP contribution in [-0.2, 0) is 0 Å². The molecule has 0 atom stereocenters. The molecular formula is C13H18N4O2S. The number of anilines is 1. The number of piperidine rings is 1. The van der Waals surface area contributed by atoms with Crippen LogP contribution < -0.4 is 11.1 Å². The van der Waals surface area contributed by atoms with E-state index in [1.165, 1.54) is 11.3 Å². The van der Waals surface area contributed by atoms with Gasteiger partial charge in [-0.05, 0) is 24.3 Å². The first-order valence-corrected chi connectivity index (χ1v) is 7.71. The number of likely N-dealkylation sites (tertiary alicyclic amines) is 1. The predicted octanol–water partition coefficient (Wildman–Crippen LogP) is 0.960. The van der Waals surface area contributed by atoms with Gasteiger partial charge in [0.15, 0.2) is 0 Å². The molecule has 0 aliphatic carbocycles. The Morgan fingerprint density at radius 2 is 2.10 bits per heavy atom. The maximum Gasteiger partial charge on any atom is 0.317 e. The molecule has 1 aromatic rings. The Hall–Kier alpha value is -1.76. The van der Waals surface area contributed by atoms with Gasteiger partial charge in [-0.1, -0.05) is 0 Å². The highest BCUT2D eigenvalue weighted by atomic mass is 32.1. The lowest BCUT2D eigenvalue weighted by Crippen LogP contribution is -2.47. The smallest absolute Gasteiger partial charge is 0.317 e. The fraction of sp³-hybridized carbons (Fsp3) is 0.538. The van der Waals surface area contributed by atoms with Crippen LogP contribution in [0.1, 0.15) is 22.5 Å². The summed E-state index contributed by atoms with van der Waals surface area (Å²) in [5.74, 6) is 0.0156. The van der Waals surface area contributed by atoms with Gasteiger partial charge in [0, 0.05) is 32.2 Å². The summed E-state index contributed by atoms with van der Waals surface area (Å²) in [6, 6.07) is 2.04. The third-order valence-corrected chi connectivity index (χ3v) is 4.89. The molecule has 0 bridgehead atoms. The number of nitrogens with zero attached hydrogens (tertiary/aromatic N) is 2. The average molecular weight is 294 g/mol. The number of nitrogens with two attached hydrogens (primary N) is 1. The zero-order valence-corrected chi connectivity index (χ0v) is 12.0. The lowest BCUT2D eigenvalue weighted by Gasteiger charge is -2.36. The molecule has 0 radical (unpaired) electrons. The van der Waals surface area contributed by atoms with Crippen molar-refractivity contribution < 1.29 is 9.59 Å². The monoisotopic (exact) mass is 294 g/mol. The van der Waals surface area contributed by atoms with Gasteiger partial charge in [-0.3, -0.25) is 4.79 Å². The summed E-state index contributed by atoms with van der Waals surface area (Å²) < 4.78 is 0. The van der Waals surface area contributed by atoms with Crippen molar-refractivity contribution in [3.05, 3.63) is 16.3 Å². The van der Waals surface area contributed by atoms with Gasteiger partial charge in [-0.2, -0.15) is 0 Å². The number of carbonyl (C=O) groups is 2. The van der Waals surface area contributed by atoms with Crippen molar-refractivity contribution in [3.8, 4) is 0 Å². The van der Waals surface area contributed by atoms with Gasteiger partial charge in [0.1, 0.15) is 4.88 Å². The molecule has 0 unspecified atom stereocenters. The zero-order valence-electron chi connectivity index (χ0n) is 11.2. The summed E-state index contributed by atoms with van der Waals surface area (Å²) in [5, 5.41) is 4.66. The van der Waals surface area contributed by atoms with E-state index in [0.717, 1.165) is 25.9 Å². The Kier molecular flexibility index (Phi) is 3.52. The molecule has 1 aromatic heterocycles. The van der Waals surface area contributed by atoms with Crippen LogP contribution >= 0.6 is 11.3 Å². The zero-order chi connectivity index (χ0) is 14.1. The van der Waals surface area contributed by atoms with Crippen molar-refractivity contribution in [2.45, 2.75) is 18.9 Å². The number of amides is 3. The SMILES string of the molecule is Nc1ccsc1C(=O)N1CCC(N2CCNC2=O)CC1. The summed E-state index contributed by atoms with van der Waals surface area (Å²) in [4.78, 5) is 28.3. The standard InChI is InChI=1S/C13H18N4O2S/c14-10-3-8-20-11(10)12(18)16-5-1-9(2-6-16)17-7-4-15-13(17)19/h3,8-9H,1-2,4-7,14H2,(H,15,19). The Morgan fingerprint density at radius 3 is 2.65 bits per heavy atom. The van der Waals surface area contributed by atoms with Crippen LogP contribution in [0.2, 0.25) is 0 Å². The summed E-state index contributed by atoms with van der Waals surface area (Å²) in [6.07, 6.45) is 1.68. The maximum absolute atomic E-state index is 12.3. The molecule has 0 saturated carbocycles. The number of nitrogens with one attached hydrogen (secondary N) is 1. The molecule has 108 valence electrons. The normalized spacial score (nSPS) is 20.3. The minimum Gasteiger partial charge on any atom is -0.397 e. The van der Waals surface area contributed by atoms with Crippen LogP contribution in [0.4, 0.5) is 10.5 Å². The second-order valence-electron chi connectivity index (χ2n) is 5.15. The Morgan fingerprint density at radius 1 is 1.35 bits per heavy atom. The van der Waals surface area contributed by atoms with Gasteiger partial charge in [-0.15, -0.1) is 11.3 Å². The number of urea groups is 1. The van der Waals surface area contributed by atoms with Crippen molar-refractivity contribution in [2.24, 2.45) is 0 Å². The molecule has 0 spiro atoms. The largest absolute Gasteiger partial charge is 0.397 e. The van der Waals surface area contributed by atoms with E-state index >= 15 is 0 Å². The first-order chi connectivity index (χ1) is 9.66. The van der Waals surface area contributed by atoms with E-state index in [-0.39, 0.29) is 18.0 Å². The summed E-state index contributed by atoms with van der Waals surface area (Å²) in [6.45, 7) is 2.87. The molecule has 3 N–H and O–H groups in total. The number of carbonyl (C=O) groups excluding carboxylic acids is 2. The van der Waals surface area contributed by atoms with Gasteiger partial charge in [-0.25, -0.2) is 4.79 Å². The van der Waals surface area contributed by atoms with Crippen molar-refractivity contribution in [2.75, 3.05) is 31.9 Å². The average Bonchev–Trinajstić information content (AvgIpc) is 3.07. The van der Waals surface area contributed by atoms with E-state index in [4.69, 9.17) is 5.73 Å². The van der Waals surface area contributed by atoms with Gasteiger partial charge >= 0.3 is 6.03 Å². The Balaban J connectivity index is 1.60. The first-order valence-electron chi connectivity index (χ1n) is 6.83. The fourth-order valence-corrected chi connectivity index (χ4v) is 3.64. The molecule has 7 heteroatoms. The quantitative estimate of drug-likeness (QED) is 0.852. The van der Waals surface area contributed by atoms with E-state index in [9.17, 15) is 9.59 Å². The molecule has 20 heavy (non-hydrogen) atoms. The van der Waals surface area contributed by atoms with E-state index in [1.54, 1.807) is 6.07 Å². The summed E-state index contributed by atoms with van der Waals surface area (Å²) in [5.41, 5.74) is 6.35. The van der Waals surface area contributed by atoms with E-state index in [0.29, 0.717) is 23.7 Å². The van der Waals surface area contributed by atoms with Crippen LogP contribution in [-0.4, -0.2) is 54.0 Å². The Bertz CT molecular complexity index is 522. The number of thiophene rings is 1. The Labute approximate surface area is 121 Å². The van der Waals surface area contributed by atoms with E-state index < -0.39 is 0 Å². The van der Waals surface area contributed by atoms with Crippen molar-refractivity contribution >= 4 is 29.0 Å². The first kappa shape index (κ1) is 13.2. The van der Waals surface area contributed by atoms with E-state index in [2.05, 4.69) is 5.32 Å². The molecular weight excluding hydrogens is 276 g/mol. The second kappa shape index (κ2) is 5.32. The fourth-order valence-electron chi connectivity index (χ4n) is 2.85. The highest BCUT2D eigenvalue weighted by Crippen LogP contribution is 2.24. The molecule has 2 fully saturated rings. The number of hydrogen-bond acceptors (Lipinski definition) is 4. The van der Waals surface area contributed by atoms with Gasteiger partial charge in [0.05, 0.1) is 5.69 Å². The molecule has 3 heterocycles. The van der Waals surface area contributed by atoms with Crippen LogP contribution in [0.3, 0.4) is 0 Å². The van der Waals surface area contributed by atoms with Gasteiger partial charge < -0.3 is 20.9 Å². The molecule has 3 rings (SSSR count). The lowest BCUT2D eigenvalue weighted by molar-refractivity contribution is 0.0672. The molecule has 6 nitrogen and oxygen atoms in total. The molecule has 2 aliphatic rings. The van der Waals surface area contributed by atoms with Gasteiger partial charge in [0.2, 0.25) is 0 Å². The molecule has 2 aliphatic heterocycles. The van der Waals surface area contributed by atoms with Crippen LogP contribution in [0.5, 0.6) is 0 Å². The highest BCUT2D eigenvalue weighted by Gasteiger charge is 2.32. The third-order valence-electron chi connectivity index (χ3n) is 3.97. The van der Waals surface area contributed by atoms with Crippen LogP contribution in [0.25, 0.3) is 0 Å². The van der Waals surface area contributed by atoms with Crippen LogP contribution in [0.15, 0.2) is 11.4 Å². The summed E-state index contributed by atoms with van der Waals surface area (Å²) in [7, 11) is 0. The predicted molar refractivity (Wildman–Crippen MR) is 77.8 cm³/mol. The van der Waals surface area contributed by atoms with Crippen molar-refractivity contribution in [3.63, 3.8) is 0 Å². The second-order valence-corrected chi connectivity index (χ2v) is 6.07. The van der Waals surface area contributed by atoms with E-state index in [1.807, 2.05) is 15.2 Å². The minimum absolute atomic E-state index is 0.0156.